The zero-order valence-electron chi connectivity index (χ0n) is 8.53. The number of hydrogen-bond donors (Lipinski definition) is 2. The van der Waals surface area contributed by atoms with Crippen LogP contribution in [-0.4, -0.2) is 22.9 Å². The van der Waals surface area contributed by atoms with Crippen LogP contribution in [0.5, 0.6) is 0 Å². The summed E-state index contributed by atoms with van der Waals surface area (Å²) in [6.07, 6.45) is 7.78. The first-order valence-electron chi connectivity index (χ1n) is 4.84. The fraction of sp³-hybridized carbons (Fsp3) is 0.636. The third kappa shape index (κ3) is 6.55. The Morgan fingerprint density at radius 2 is 2.15 bits per heavy atom. The summed E-state index contributed by atoms with van der Waals surface area (Å²) < 4.78 is 0. The molecule has 0 fully saturated rings. The molecular formula is C11H20O2. The Hall–Kier alpha value is -0.600. The van der Waals surface area contributed by atoms with Gasteiger partial charge < -0.3 is 10.2 Å². The minimum Gasteiger partial charge on any atom is -0.396 e. The summed E-state index contributed by atoms with van der Waals surface area (Å²) in [6.45, 7) is 4.18. The molecular weight excluding hydrogens is 164 g/mol. The van der Waals surface area contributed by atoms with Gasteiger partial charge in [-0.1, -0.05) is 25.2 Å². The van der Waals surface area contributed by atoms with Crippen LogP contribution < -0.4 is 0 Å². The van der Waals surface area contributed by atoms with Gasteiger partial charge >= 0.3 is 0 Å². The predicted molar refractivity (Wildman–Crippen MR) is 55.5 cm³/mol. The zero-order chi connectivity index (χ0) is 10.1. The predicted octanol–water partition coefficient (Wildman–Crippen LogP) is 2.03. The van der Waals surface area contributed by atoms with Crippen LogP contribution in [0.1, 0.15) is 33.1 Å². The van der Waals surface area contributed by atoms with E-state index in [0.717, 1.165) is 24.8 Å². The van der Waals surface area contributed by atoms with Crippen molar-refractivity contribution >= 4 is 0 Å². The number of rotatable bonds is 6. The Kier molecular flexibility index (Phi) is 7.65. The van der Waals surface area contributed by atoms with Crippen molar-refractivity contribution in [2.24, 2.45) is 0 Å². The summed E-state index contributed by atoms with van der Waals surface area (Å²) in [6, 6.07) is 0. The quantitative estimate of drug-likeness (QED) is 0.490. The second kappa shape index (κ2) is 8.02. The molecule has 0 aliphatic rings. The average Bonchev–Trinajstić information content (AvgIpc) is 2.12. The molecule has 0 aliphatic heterocycles. The van der Waals surface area contributed by atoms with E-state index in [1.165, 1.54) is 0 Å². The topological polar surface area (TPSA) is 40.5 Å². The smallest absolute Gasteiger partial charge is 0.0929 e. The van der Waals surface area contributed by atoms with Gasteiger partial charge in [0, 0.05) is 6.61 Å². The molecule has 0 amide bonds. The lowest BCUT2D eigenvalue weighted by Gasteiger charge is -2.04. The van der Waals surface area contributed by atoms with E-state index < -0.39 is 6.10 Å². The molecule has 2 heteroatoms. The summed E-state index contributed by atoms with van der Waals surface area (Å²) >= 11 is 0. The first kappa shape index (κ1) is 12.4. The van der Waals surface area contributed by atoms with Crippen molar-refractivity contribution in [3.63, 3.8) is 0 Å². The van der Waals surface area contributed by atoms with Crippen LogP contribution in [0.3, 0.4) is 0 Å². The largest absolute Gasteiger partial charge is 0.396 e. The number of aliphatic hydroxyl groups excluding tert-OH is 2. The third-order valence-corrected chi connectivity index (χ3v) is 1.84. The van der Waals surface area contributed by atoms with E-state index in [2.05, 4.69) is 0 Å². The summed E-state index contributed by atoms with van der Waals surface area (Å²) in [5, 5.41) is 18.0. The standard InChI is InChI=1S/C11H20O2/c1-3-7-10(2)11(13)8-5-4-6-9-12/h5,7-8,11-13H,3-4,6,9H2,1-2H3. The third-order valence-electron chi connectivity index (χ3n) is 1.84. The minimum absolute atomic E-state index is 0.213. The minimum atomic E-state index is -0.460. The number of unbranched alkanes of at least 4 members (excludes halogenated alkanes) is 1. The second-order valence-corrected chi connectivity index (χ2v) is 3.10. The van der Waals surface area contributed by atoms with Gasteiger partial charge in [-0.15, -0.1) is 0 Å². The van der Waals surface area contributed by atoms with E-state index in [-0.39, 0.29) is 6.61 Å². The van der Waals surface area contributed by atoms with Crippen LogP contribution in [0.4, 0.5) is 0 Å². The molecule has 0 radical (unpaired) electrons. The Bertz CT molecular complexity index is 171. The van der Waals surface area contributed by atoms with Crippen molar-refractivity contribution in [2.75, 3.05) is 6.61 Å². The second-order valence-electron chi connectivity index (χ2n) is 3.10. The van der Waals surface area contributed by atoms with Gasteiger partial charge in [0.25, 0.3) is 0 Å². The van der Waals surface area contributed by atoms with E-state index in [1.807, 2.05) is 26.0 Å². The Morgan fingerprint density at radius 3 is 2.69 bits per heavy atom. The van der Waals surface area contributed by atoms with E-state index in [0.29, 0.717) is 0 Å². The van der Waals surface area contributed by atoms with Crippen molar-refractivity contribution in [1.82, 2.24) is 0 Å². The first-order valence-corrected chi connectivity index (χ1v) is 4.84. The highest BCUT2D eigenvalue weighted by molar-refractivity contribution is 5.12. The maximum Gasteiger partial charge on any atom is 0.0929 e. The molecule has 1 unspecified atom stereocenters. The van der Waals surface area contributed by atoms with Crippen LogP contribution in [0.25, 0.3) is 0 Å². The highest BCUT2D eigenvalue weighted by atomic mass is 16.3. The molecule has 2 nitrogen and oxygen atoms in total. The fourth-order valence-electron chi connectivity index (χ4n) is 1.03. The van der Waals surface area contributed by atoms with Crippen molar-refractivity contribution in [1.29, 1.82) is 0 Å². The summed E-state index contributed by atoms with van der Waals surface area (Å²) in [5.74, 6) is 0. The maximum atomic E-state index is 9.53. The molecule has 1 atom stereocenters. The number of aliphatic hydroxyl groups is 2. The molecule has 76 valence electrons. The fourth-order valence-corrected chi connectivity index (χ4v) is 1.03. The Labute approximate surface area is 80.6 Å². The van der Waals surface area contributed by atoms with Crippen LogP contribution in [0, 0.1) is 0 Å². The molecule has 0 rings (SSSR count). The van der Waals surface area contributed by atoms with Crippen LogP contribution in [-0.2, 0) is 0 Å². The number of hydrogen-bond acceptors (Lipinski definition) is 2. The van der Waals surface area contributed by atoms with E-state index in [4.69, 9.17) is 5.11 Å². The van der Waals surface area contributed by atoms with Gasteiger partial charge in [-0.2, -0.15) is 0 Å². The van der Waals surface area contributed by atoms with Crippen LogP contribution in [0.15, 0.2) is 23.8 Å². The Balaban J connectivity index is 3.77. The van der Waals surface area contributed by atoms with E-state index in [1.54, 1.807) is 6.08 Å². The van der Waals surface area contributed by atoms with Gasteiger partial charge in [-0.25, -0.2) is 0 Å². The summed E-state index contributed by atoms with van der Waals surface area (Å²) in [4.78, 5) is 0. The van der Waals surface area contributed by atoms with Crippen molar-refractivity contribution in [2.45, 2.75) is 39.2 Å². The summed E-state index contributed by atoms with van der Waals surface area (Å²) in [5.41, 5.74) is 0.989. The molecule has 0 saturated heterocycles. The van der Waals surface area contributed by atoms with Gasteiger partial charge in [0.05, 0.1) is 6.10 Å². The lowest BCUT2D eigenvalue weighted by molar-refractivity contribution is 0.257. The lowest BCUT2D eigenvalue weighted by atomic mass is 10.1. The first-order chi connectivity index (χ1) is 6.22. The molecule has 13 heavy (non-hydrogen) atoms. The van der Waals surface area contributed by atoms with Gasteiger partial charge in [-0.3, -0.25) is 0 Å². The molecule has 0 aromatic rings. The summed E-state index contributed by atoms with van der Waals surface area (Å²) in [7, 11) is 0. The van der Waals surface area contributed by atoms with Crippen molar-refractivity contribution in [3.8, 4) is 0 Å². The molecule has 0 heterocycles. The Morgan fingerprint density at radius 1 is 1.46 bits per heavy atom. The zero-order valence-corrected chi connectivity index (χ0v) is 8.53. The van der Waals surface area contributed by atoms with Crippen LogP contribution >= 0.6 is 0 Å². The van der Waals surface area contributed by atoms with E-state index >= 15 is 0 Å². The SMILES string of the molecule is CCC=C(C)C(O)C=CCCCO. The molecule has 0 bridgehead atoms. The maximum absolute atomic E-state index is 9.53. The van der Waals surface area contributed by atoms with E-state index in [9.17, 15) is 5.11 Å². The number of allylic oxidation sites excluding steroid dienone is 2. The normalized spacial score (nSPS) is 15.2. The van der Waals surface area contributed by atoms with Gasteiger partial charge in [0.2, 0.25) is 0 Å². The van der Waals surface area contributed by atoms with Gasteiger partial charge in [-0.05, 0) is 31.8 Å². The average molecular weight is 184 g/mol. The monoisotopic (exact) mass is 184 g/mol. The molecule has 0 aliphatic carbocycles. The lowest BCUT2D eigenvalue weighted by Crippen LogP contribution is -2.03. The van der Waals surface area contributed by atoms with Gasteiger partial charge in [0.1, 0.15) is 0 Å². The highest BCUT2D eigenvalue weighted by Crippen LogP contribution is 2.04. The molecule has 0 saturated carbocycles. The molecule has 2 N–H and O–H groups in total. The van der Waals surface area contributed by atoms with Crippen LogP contribution in [0.2, 0.25) is 0 Å². The van der Waals surface area contributed by atoms with Gasteiger partial charge in [0.15, 0.2) is 0 Å². The molecule has 0 spiro atoms. The molecule has 0 aromatic heterocycles. The van der Waals surface area contributed by atoms with Crippen molar-refractivity contribution < 1.29 is 10.2 Å². The van der Waals surface area contributed by atoms with Crippen molar-refractivity contribution in [3.05, 3.63) is 23.8 Å². The highest BCUT2D eigenvalue weighted by Gasteiger charge is 1.98. The molecule has 0 aromatic carbocycles.